The first-order chi connectivity index (χ1) is 8.24. The topological polar surface area (TPSA) is 72.5 Å². The van der Waals surface area contributed by atoms with Gasteiger partial charge in [-0.2, -0.15) is 0 Å². The van der Waals surface area contributed by atoms with Crippen LogP contribution in [0.4, 0.5) is 0 Å². The van der Waals surface area contributed by atoms with Crippen molar-refractivity contribution < 1.29 is 13.9 Å². The van der Waals surface area contributed by atoms with Crippen LogP contribution in [0.2, 0.25) is 5.02 Å². The monoisotopic (exact) mass is 251 g/mol. The van der Waals surface area contributed by atoms with Crippen LogP contribution in [0.1, 0.15) is 11.6 Å². The Morgan fingerprint density at radius 1 is 1.18 bits per heavy atom. The smallest absolute Gasteiger partial charge is 0.153 e. The zero-order chi connectivity index (χ0) is 12.0. The lowest BCUT2D eigenvalue weighted by molar-refractivity contribution is 0.268. The van der Waals surface area contributed by atoms with Crippen LogP contribution < -0.4 is 5.73 Å². The summed E-state index contributed by atoms with van der Waals surface area (Å²) >= 11 is 6.22. The molecule has 0 spiro atoms. The van der Waals surface area contributed by atoms with Crippen molar-refractivity contribution in [2.45, 2.75) is 6.04 Å². The first kappa shape index (κ1) is 10.7. The molecule has 17 heavy (non-hydrogen) atoms. The van der Waals surface area contributed by atoms with Crippen LogP contribution in [0.5, 0.6) is 0 Å². The molecule has 0 aliphatic carbocycles. The first-order valence-electron chi connectivity index (χ1n) is 5.16. The predicted molar refractivity (Wildman–Crippen MR) is 65.0 cm³/mol. The Morgan fingerprint density at radius 3 is 2.53 bits per heavy atom. The van der Waals surface area contributed by atoms with E-state index in [2.05, 4.69) is 0 Å². The van der Waals surface area contributed by atoms with Crippen LogP contribution in [0.3, 0.4) is 0 Å². The zero-order valence-corrected chi connectivity index (χ0v) is 9.57. The lowest BCUT2D eigenvalue weighted by atomic mass is 10.0. The maximum Gasteiger partial charge on any atom is 0.153 e. The Labute approximate surface area is 102 Å². The molecular weight excluding hydrogens is 242 g/mol. The molecule has 0 radical (unpaired) electrons. The van der Waals surface area contributed by atoms with Gasteiger partial charge in [-0.15, -0.1) is 0 Å². The van der Waals surface area contributed by atoms with Crippen LogP contribution in [0.15, 0.2) is 33.5 Å². The Bertz CT molecular complexity index is 634. The summed E-state index contributed by atoms with van der Waals surface area (Å²) in [5, 5.41) is 11.2. The van der Waals surface area contributed by atoms with Crippen molar-refractivity contribution >= 4 is 33.5 Å². The summed E-state index contributed by atoms with van der Waals surface area (Å²) in [7, 11) is 0. The number of hydrogen-bond acceptors (Lipinski definition) is 4. The third-order valence-corrected chi connectivity index (χ3v) is 3.24. The molecule has 0 saturated carbocycles. The fraction of sp³-hybridized carbons (Fsp3) is 0.167. The fourth-order valence-electron chi connectivity index (χ4n) is 2.09. The lowest BCUT2D eigenvalue weighted by Gasteiger charge is -2.11. The summed E-state index contributed by atoms with van der Waals surface area (Å²) in [5.74, 6) is 0. The van der Waals surface area contributed by atoms with Crippen LogP contribution in [-0.2, 0) is 0 Å². The summed E-state index contributed by atoms with van der Waals surface area (Å²) in [6, 6.07) is 3.00. The molecule has 0 amide bonds. The highest BCUT2D eigenvalue weighted by atomic mass is 35.5. The molecule has 0 aliphatic heterocycles. The third kappa shape index (κ3) is 1.38. The van der Waals surface area contributed by atoms with Gasteiger partial charge in [0.25, 0.3) is 0 Å². The number of aliphatic hydroxyl groups excluding tert-OH is 1. The van der Waals surface area contributed by atoms with Gasteiger partial charge in [0.05, 0.1) is 30.2 Å². The van der Waals surface area contributed by atoms with Crippen molar-refractivity contribution in [3.63, 3.8) is 0 Å². The van der Waals surface area contributed by atoms with Crippen molar-refractivity contribution in [2.24, 2.45) is 5.73 Å². The molecule has 1 atom stereocenters. The molecule has 88 valence electrons. The summed E-state index contributed by atoms with van der Waals surface area (Å²) < 4.78 is 10.8. The quantitative estimate of drug-likeness (QED) is 0.735. The predicted octanol–water partition coefficient (Wildman–Crippen LogP) is 2.82. The molecule has 3 aromatic rings. The summed E-state index contributed by atoms with van der Waals surface area (Å²) in [6.07, 6.45) is 3.09. The van der Waals surface area contributed by atoms with E-state index in [1.165, 1.54) is 0 Å². The SMILES string of the molecule is NC(CO)c1c2ccoc2c(Cl)c2ccoc12. The van der Waals surface area contributed by atoms with E-state index in [-0.39, 0.29) is 6.61 Å². The second-order valence-corrected chi connectivity index (χ2v) is 4.22. The second-order valence-electron chi connectivity index (χ2n) is 3.84. The number of halogens is 1. The number of rotatable bonds is 2. The normalized spacial score (nSPS) is 13.6. The van der Waals surface area contributed by atoms with Crippen molar-refractivity contribution in [2.75, 3.05) is 6.61 Å². The maximum atomic E-state index is 9.22. The van der Waals surface area contributed by atoms with Gasteiger partial charge in [-0.1, -0.05) is 11.6 Å². The number of nitrogens with two attached hydrogens (primary N) is 1. The molecule has 3 N–H and O–H groups in total. The summed E-state index contributed by atoms with van der Waals surface area (Å²) in [6.45, 7) is -0.169. The van der Waals surface area contributed by atoms with Gasteiger partial charge < -0.3 is 19.7 Å². The largest absolute Gasteiger partial charge is 0.464 e. The second kappa shape index (κ2) is 3.77. The molecular formula is C12H10ClNO3. The van der Waals surface area contributed by atoms with E-state index in [0.717, 1.165) is 16.3 Å². The van der Waals surface area contributed by atoms with Gasteiger partial charge in [-0.3, -0.25) is 0 Å². The standard InChI is InChI=1S/C12H10ClNO3/c13-10-7-2-4-16-11(7)9(8(14)5-15)6-1-3-17-12(6)10/h1-4,8,15H,5,14H2. The van der Waals surface area contributed by atoms with Crippen molar-refractivity contribution in [1.29, 1.82) is 0 Å². The van der Waals surface area contributed by atoms with E-state index >= 15 is 0 Å². The Morgan fingerprint density at radius 2 is 1.82 bits per heavy atom. The highest BCUT2D eigenvalue weighted by Crippen LogP contribution is 2.39. The van der Waals surface area contributed by atoms with Gasteiger partial charge in [0.2, 0.25) is 0 Å². The molecule has 1 unspecified atom stereocenters. The minimum absolute atomic E-state index is 0.169. The highest BCUT2D eigenvalue weighted by molar-refractivity contribution is 6.40. The molecule has 4 nitrogen and oxygen atoms in total. The maximum absolute atomic E-state index is 9.22. The number of furan rings is 2. The lowest BCUT2D eigenvalue weighted by Crippen LogP contribution is -2.15. The molecule has 0 aliphatic rings. The average Bonchev–Trinajstić information content (AvgIpc) is 2.96. The van der Waals surface area contributed by atoms with Gasteiger partial charge in [-0.25, -0.2) is 0 Å². The van der Waals surface area contributed by atoms with Crippen molar-refractivity contribution in [1.82, 2.24) is 0 Å². The zero-order valence-electron chi connectivity index (χ0n) is 8.81. The number of benzene rings is 1. The van der Waals surface area contributed by atoms with Gasteiger partial charge >= 0.3 is 0 Å². The minimum atomic E-state index is -0.527. The molecule has 2 aromatic heterocycles. The Hall–Kier alpha value is -1.49. The molecule has 2 heterocycles. The molecule has 3 rings (SSSR count). The third-order valence-electron chi connectivity index (χ3n) is 2.87. The molecule has 0 bridgehead atoms. The highest BCUT2D eigenvalue weighted by Gasteiger charge is 2.21. The van der Waals surface area contributed by atoms with Crippen LogP contribution in [0.25, 0.3) is 21.9 Å². The van der Waals surface area contributed by atoms with Gasteiger partial charge in [-0.05, 0) is 12.1 Å². The van der Waals surface area contributed by atoms with E-state index in [1.807, 2.05) is 0 Å². The van der Waals surface area contributed by atoms with E-state index in [1.54, 1.807) is 24.7 Å². The van der Waals surface area contributed by atoms with Gasteiger partial charge in [0.15, 0.2) is 5.58 Å². The van der Waals surface area contributed by atoms with Gasteiger partial charge in [0, 0.05) is 16.3 Å². The van der Waals surface area contributed by atoms with Crippen molar-refractivity contribution in [3.05, 3.63) is 35.2 Å². The average molecular weight is 252 g/mol. The molecule has 5 heteroatoms. The number of hydrogen-bond donors (Lipinski definition) is 2. The molecule has 0 fully saturated rings. The summed E-state index contributed by atoms with van der Waals surface area (Å²) in [4.78, 5) is 0. The molecule has 0 saturated heterocycles. The van der Waals surface area contributed by atoms with Gasteiger partial charge in [0.1, 0.15) is 5.58 Å². The first-order valence-corrected chi connectivity index (χ1v) is 5.54. The van der Waals surface area contributed by atoms with Crippen LogP contribution in [0, 0.1) is 0 Å². The Kier molecular flexibility index (Phi) is 2.36. The van der Waals surface area contributed by atoms with E-state index in [4.69, 9.17) is 26.2 Å². The Balaban J connectivity index is 2.52. The van der Waals surface area contributed by atoms with E-state index in [0.29, 0.717) is 16.2 Å². The fourth-order valence-corrected chi connectivity index (χ4v) is 2.38. The van der Waals surface area contributed by atoms with Crippen LogP contribution >= 0.6 is 11.6 Å². The number of fused-ring (bicyclic) bond motifs is 2. The van der Waals surface area contributed by atoms with E-state index < -0.39 is 6.04 Å². The minimum Gasteiger partial charge on any atom is -0.464 e. The van der Waals surface area contributed by atoms with Crippen LogP contribution in [-0.4, -0.2) is 11.7 Å². The van der Waals surface area contributed by atoms with Crippen molar-refractivity contribution in [3.8, 4) is 0 Å². The summed E-state index contributed by atoms with van der Waals surface area (Å²) in [5.41, 5.74) is 7.79. The number of aliphatic hydroxyl groups is 1. The van der Waals surface area contributed by atoms with E-state index in [9.17, 15) is 5.11 Å². The molecule has 1 aromatic carbocycles.